The van der Waals surface area contributed by atoms with Crippen LogP contribution in [0, 0.1) is 5.92 Å². The number of methoxy groups -OCH3 is 2. The molecule has 0 aliphatic carbocycles. The Bertz CT molecular complexity index is 884. The molecule has 0 spiro atoms. The average Bonchev–Trinajstić information content (AvgIpc) is 3.14. The monoisotopic (exact) mass is 392 g/mol. The normalized spacial score (nSPS) is 11.2. The molecule has 0 unspecified atom stereocenters. The fourth-order valence-corrected chi connectivity index (χ4v) is 3.63. The molecule has 0 bridgehead atoms. The van der Waals surface area contributed by atoms with Crippen molar-refractivity contribution in [3.8, 4) is 11.5 Å². The van der Waals surface area contributed by atoms with Crippen molar-refractivity contribution in [1.29, 1.82) is 0 Å². The number of ether oxygens (including phenoxy) is 2. The third-order valence-corrected chi connectivity index (χ3v) is 4.98. The molecule has 0 N–H and O–H groups in total. The number of nitrogens with zero attached hydrogens (tertiary/aromatic N) is 2. The van der Waals surface area contributed by atoms with Gasteiger partial charge in [-0.2, -0.15) is 0 Å². The number of hydrogen-bond donors (Lipinski definition) is 0. The molecule has 3 rings (SSSR count). The molecule has 4 nitrogen and oxygen atoms in total. The lowest BCUT2D eigenvalue weighted by Crippen LogP contribution is -2.28. The van der Waals surface area contributed by atoms with Gasteiger partial charge in [0.15, 0.2) is 0 Å². The molecule has 0 aliphatic heterocycles. The number of rotatable bonds is 10. The first-order valence-electron chi connectivity index (χ1n) is 10.2. The Kier molecular flexibility index (Phi) is 7.36. The summed E-state index contributed by atoms with van der Waals surface area (Å²) in [5.41, 5.74) is 3.87. The quantitative estimate of drug-likeness (QED) is 0.474. The summed E-state index contributed by atoms with van der Waals surface area (Å²) in [5, 5.41) is 0. The van der Waals surface area contributed by atoms with Crippen molar-refractivity contribution in [3.63, 3.8) is 0 Å². The molecule has 0 radical (unpaired) electrons. The Morgan fingerprint density at radius 1 is 0.828 bits per heavy atom. The zero-order valence-corrected chi connectivity index (χ0v) is 18.0. The molecule has 1 aromatic heterocycles. The van der Waals surface area contributed by atoms with Gasteiger partial charge in [-0.1, -0.05) is 38.1 Å². The zero-order valence-electron chi connectivity index (χ0n) is 18.0. The summed E-state index contributed by atoms with van der Waals surface area (Å²) in [5.74, 6) is 2.41. The van der Waals surface area contributed by atoms with Crippen molar-refractivity contribution < 1.29 is 9.47 Å². The van der Waals surface area contributed by atoms with Crippen molar-refractivity contribution in [2.45, 2.75) is 33.5 Å². The van der Waals surface area contributed by atoms with Gasteiger partial charge in [0.25, 0.3) is 0 Å². The van der Waals surface area contributed by atoms with Crippen molar-refractivity contribution in [2.24, 2.45) is 5.92 Å². The second-order valence-electron chi connectivity index (χ2n) is 7.89. The van der Waals surface area contributed by atoms with Gasteiger partial charge in [-0.25, -0.2) is 0 Å². The van der Waals surface area contributed by atoms with E-state index in [1.54, 1.807) is 14.2 Å². The summed E-state index contributed by atoms with van der Waals surface area (Å²) in [6.07, 6.45) is 2.16. The van der Waals surface area contributed by atoms with E-state index in [9.17, 15) is 0 Å². The molecule has 0 saturated heterocycles. The van der Waals surface area contributed by atoms with Crippen LogP contribution in [0.2, 0.25) is 0 Å². The van der Waals surface area contributed by atoms with E-state index in [2.05, 4.69) is 65.9 Å². The van der Waals surface area contributed by atoms with E-state index in [-0.39, 0.29) is 0 Å². The van der Waals surface area contributed by atoms with E-state index < -0.39 is 0 Å². The fraction of sp³-hybridized carbons (Fsp3) is 0.360. The summed E-state index contributed by atoms with van der Waals surface area (Å²) in [4.78, 5) is 2.52. The minimum atomic E-state index is 0.607. The predicted octanol–water partition coefficient (Wildman–Crippen LogP) is 5.21. The molecule has 1 heterocycles. The highest BCUT2D eigenvalue weighted by Crippen LogP contribution is 2.18. The standard InChI is InChI=1S/C25H32N2O2/c1-20(2)16-26(17-21-10-12-24(28-3)13-11-21)19-23-8-6-14-27(23)18-22-7-5-9-25(15-22)29-4/h5-15,20H,16-19H2,1-4H3. The van der Waals surface area contributed by atoms with Gasteiger partial charge in [-0.15, -0.1) is 0 Å². The largest absolute Gasteiger partial charge is 0.497 e. The first kappa shape index (κ1) is 21.0. The Hall–Kier alpha value is -2.72. The van der Waals surface area contributed by atoms with E-state index in [0.29, 0.717) is 5.92 Å². The Labute approximate surface area is 174 Å². The molecule has 0 atom stereocenters. The summed E-state index contributed by atoms with van der Waals surface area (Å²) in [6.45, 7) is 8.29. The molecule has 29 heavy (non-hydrogen) atoms. The van der Waals surface area contributed by atoms with Gasteiger partial charge >= 0.3 is 0 Å². The third-order valence-electron chi connectivity index (χ3n) is 4.98. The minimum Gasteiger partial charge on any atom is -0.497 e. The maximum absolute atomic E-state index is 5.37. The van der Waals surface area contributed by atoms with Gasteiger partial charge in [0, 0.05) is 38.1 Å². The van der Waals surface area contributed by atoms with Crippen LogP contribution in [0.1, 0.15) is 30.7 Å². The molecule has 0 aliphatic rings. The summed E-state index contributed by atoms with van der Waals surface area (Å²) < 4.78 is 13.0. The van der Waals surface area contributed by atoms with E-state index >= 15 is 0 Å². The van der Waals surface area contributed by atoms with Crippen LogP contribution in [-0.2, 0) is 19.6 Å². The van der Waals surface area contributed by atoms with Crippen LogP contribution in [0.25, 0.3) is 0 Å². The van der Waals surface area contributed by atoms with Crippen LogP contribution < -0.4 is 9.47 Å². The van der Waals surface area contributed by atoms with Crippen molar-refractivity contribution >= 4 is 0 Å². The molecule has 154 valence electrons. The Morgan fingerprint density at radius 2 is 1.59 bits per heavy atom. The predicted molar refractivity (Wildman–Crippen MR) is 118 cm³/mol. The summed E-state index contributed by atoms with van der Waals surface area (Å²) in [7, 11) is 3.42. The molecular weight excluding hydrogens is 360 g/mol. The zero-order chi connectivity index (χ0) is 20.6. The smallest absolute Gasteiger partial charge is 0.119 e. The highest BCUT2D eigenvalue weighted by Gasteiger charge is 2.12. The Balaban J connectivity index is 1.73. The minimum absolute atomic E-state index is 0.607. The highest BCUT2D eigenvalue weighted by atomic mass is 16.5. The van der Waals surface area contributed by atoms with Crippen molar-refractivity contribution in [3.05, 3.63) is 83.7 Å². The lowest BCUT2D eigenvalue weighted by Gasteiger charge is -2.25. The molecule has 2 aromatic carbocycles. The van der Waals surface area contributed by atoms with Crippen molar-refractivity contribution in [1.82, 2.24) is 9.47 Å². The SMILES string of the molecule is COc1ccc(CN(Cc2cccn2Cc2cccc(OC)c2)CC(C)C)cc1. The topological polar surface area (TPSA) is 26.6 Å². The van der Waals surface area contributed by atoms with Gasteiger partial charge in [-0.05, 0) is 53.4 Å². The molecule has 3 aromatic rings. The molecule has 0 fully saturated rings. The number of hydrogen-bond acceptors (Lipinski definition) is 3. The maximum atomic E-state index is 5.37. The van der Waals surface area contributed by atoms with Gasteiger partial charge in [0.2, 0.25) is 0 Å². The van der Waals surface area contributed by atoms with Gasteiger partial charge in [-0.3, -0.25) is 4.90 Å². The van der Waals surface area contributed by atoms with E-state index in [1.165, 1.54) is 16.8 Å². The van der Waals surface area contributed by atoms with Crippen LogP contribution in [0.4, 0.5) is 0 Å². The van der Waals surface area contributed by atoms with Crippen LogP contribution in [-0.4, -0.2) is 30.2 Å². The van der Waals surface area contributed by atoms with Crippen LogP contribution >= 0.6 is 0 Å². The lowest BCUT2D eigenvalue weighted by atomic mass is 10.1. The van der Waals surface area contributed by atoms with E-state index in [0.717, 1.165) is 37.7 Å². The number of aromatic nitrogens is 1. The summed E-state index contributed by atoms with van der Waals surface area (Å²) >= 11 is 0. The molecule has 0 amide bonds. The average molecular weight is 393 g/mol. The highest BCUT2D eigenvalue weighted by molar-refractivity contribution is 5.29. The Morgan fingerprint density at radius 3 is 2.28 bits per heavy atom. The fourth-order valence-electron chi connectivity index (χ4n) is 3.63. The molecule has 4 heteroatoms. The van der Waals surface area contributed by atoms with Crippen molar-refractivity contribution in [2.75, 3.05) is 20.8 Å². The lowest BCUT2D eigenvalue weighted by molar-refractivity contribution is 0.222. The van der Waals surface area contributed by atoms with Crippen LogP contribution in [0.3, 0.4) is 0 Å². The van der Waals surface area contributed by atoms with Crippen LogP contribution in [0.15, 0.2) is 66.9 Å². The molecule has 0 saturated carbocycles. The van der Waals surface area contributed by atoms with Crippen LogP contribution in [0.5, 0.6) is 11.5 Å². The molecular formula is C25H32N2O2. The third kappa shape index (κ3) is 6.13. The second-order valence-corrected chi connectivity index (χ2v) is 7.89. The maximum Gasteiger partial charge on any atom is 0.119 e. The number of benzene rings is 2. The first-order valence-corrected chi connectivity index (χ1v) is 10.2. The van der Waals surface area contributed by atoms with Gasteiger partial charge in [0.1, 0.15) is 11.5 Å². The first-order chi connectivity index (χ1) is 14.1. The van der Waals surface area contributed by atoms with Gasteiger partial charge < -0.3 is 14.0 Å². The summed E-state index contributed by atoms with van der Waals surface area (Å²) in [6, 6.07) is 21.0. The second kappa shape index (κ2) is 10.2. The van der Waals surface area contributed by atoms with E-state index in [4.69, 9.17) is 9.47 Å². The van der Waals surface area contributed by atoms with Gasteiger partial charge in [0.05, 0.1) is 14.2 Å². The van der Waals surface area contributed by atoms with E-state index in [1.807, 2.05) is 24.3 Å².